The van der Waals surface area contributed by atoms with Crippen LogP contribution in [-0.2, 0) is 18.3 Å². The van der Waals surface area contributed by atoms with Crippen molar-refractivity contribution in [1.29, 1.82) is 0 Å². The molecule has 1 aliphatic carbocycles. The van der Waals surface area contributed by atoms with Crippen LogP contribution in [0, 0.1) is 0 Å². The third-order valence-corrected chi connectivity index (χ3v) is 5.90. The molecule has 1 aliphatic rings. The van der Waals surface area contributed by atoms with Crippen molar-refractivity contribution >= 4 is 27.8 Å². The highest BCUT2D eigenvalue weighted by molar-refractivity contribution is 6.10. The Balaban J connectivity index is 1.74. The third-order valence-electron chi connectivity index (χ3n) is 5.90. The standard InChI is InChI=1S/C22H29N3O2/c1-24-18-12-8-7-11-17(18)21-19(24)15-20(25(21)13-14-27-2)22(26)23-16-9-5-3-4-6-10-16/h7-8,11-12,15-16H,3-6,9-10,13-14H2,1-2H3,(H,23,26). The molecule has 5 heteroatoms. The van der Waals surface area contributed by atoms with Gasteiger partial charge in [0.05, 0.1) is 23.2 Å². The summed E-state index contributed by atoms with van der Waals surface area (Å²) in [5, 5.41) is 4.48. The molecule has 4 rings (SSSR count). The number of hydrogen-bond acceptors (Lipinski definition) is 2. The highest BCUT2D eigenvalue weighted by Gasteiger charge is 2.23. The molecule has 1 amide bonds. The lowest BCUT2D eigenvalue weighted by Gasteiger charge is -2.17. The number of methoxy groups -OCH3 is 1. The number of aromatic nitrogens is 2. The summed E-state index contributed by atoms with van der Waals surface area (Å²) in [6.45, 7) is 1.25. The summed E-state index contributed by atoms with van der Waals surface area (Å²) < 4.78 is 9.63. The summed E-state index contributed by atoms with van der Waals surface area (Å²) in [6.07, 6.45) is 7.17. The van der Waals surface area contributed by atoms with Crippen LogP contribution in [0.5, 0.6) is 0 Å². The number of fused-ring (bicyclic) bond motifs is 3. The number of benzene rings is 1. The minimum absolute atomic E-state index is 0.0401. The molecule has 1 fully saturated rings. The first-order valence-electron chi connectivity index (χ1n) is 10.1. The Morgan fingerprint density at radius 3 is 2.63 bits per heavy atom. The van der Waals surface area contributed by atoms with Gasteiger partial charge in [0.2, 0.25) is 0 Å². The van der Waals surface area contributed by atoms with E-state index in [1.54, 1.807) is 7.11 Å². The van der Waals surface area contributed by atoms with E-state index < -0.39 is 0 Å². The number of carbonyl (C=O) groups is 1. The average Bonchev–Trinajstić information content (AvgIpc) is 3.05. The number of amides is 1. The molecule has 1 saturated carbocycles. The molecular formula is C22H29N3O2. The summed E-state index contributed by atoms with van der Waals surface area (Å²) in [5.74, 6) is 0.0401. The molecule has 2 heterocycles. The van der Waals surface area contributed by atoms with E-state index in [2.05, 4.69) is 45.8 Å². The number of hydrogen-bond donors (Lipinski definition) is 1. The van der Waals surface area contributed by atoms with E-state index in [9.17, 15) is 4.79 Å². The second-order valence-electron chi connectivity index (χ2n) is 7.65. The summed E-state index contributed by atoms with van der Waals surface area (Å²) in [6, 6.07) is 10.7. The van der Waals surface area contributed by atoms with E-state index in [1.165, 1.54) is 36.6 Å². The quantitative estimate of drug-likeness (QED) is 0.686. The lowest BCUT2D eigenvalue weighted by molar-refractivity contribution is 0.0922. The van der Waals surface area contributed by atoms with Crippen LogP contribution >= 0.6 is 0 Å². The van der Waals surface area contributed by atoms with Crippen molar-refractivity contribution in [3.63, 3.8) is 0 Å². The maximum Gasteiger partial charge on any atom is 0.268 e. The van der Waals surface area contributed by atoms with Crippen molar-refractivity contribution in [3.8, 4) is 0 Å². The van der Waals surface area contributed by atoms with Crippen molar-refractivity contribution in [3.05, 3.63) is 36.0 Å². The minimum Gasteiger partial charge on any atom is -0.383 e. The molecule has 0 spiro atoms. The number of ether oxygens (including phenoxy) is 1. The van der Waals surface area contributed by atoms with E-state index in [4.69, 9.17) is 4.74 Å². The molecule has 27 heavy (non-hydrogen) atoms. The average molecular weight is 367 g/mol. The fraction of sp³-hybridized carbons (Fsp3) is 0.500. The molecule has 1 aromatic carbocycles. The van der Waals surface area contributed by atoms with Crippen molar-refractivity contribution in [2.45, 2.75) is 51.1 Å². The largest absolute Gasteiger partial charge is 0.383 e. The van der Waals surface area contributed by atoms with Gasteiger partial charge in [-0.25, -0.2) is 0 Å². The normalized spacial score (nSPS) is 16.1. The molecule has 0 aliphatic heterocycles. The Morgan fingerprint density at radius 2 is 1.89 bits per heavy atom. The number of carbonyl (C=O) groups excluding carboxylic acids is 1. The molecule has 0 radical (unpaired) electrons. The monoisotopic (exact) mass is 367 g/mol. The predicted molar refractivity (Wildman–Crippen MR) is 109 cm³/mol. The number of rotatable bonds is 5. The lowest BCUT2D eigenvalue weighted by Crippen LogP contribution is -2.35. The molecule has 2 aromatic heterocycles. The van der Waals surface area contributed by atoms with Gasteiger partial charge in [-0.05, 0) is 25.0 Å². The topological polar surface area (TPSA) is 48.2 Å². The van der Waals surface area contributed by atoms with Crippen LogP contribution in [0.3, 0.4) is 0 Å². The van der Waals surface area contributed by atoms with Gasteiger partial charge < -0.3 is 19.2 Å². The maximum absolute atomic E-state index is 13.1. The van der Waals surface area contributed by atoms with E-state index in [0.717, 1.165) is 29.6 Å². The summed E-state index contributed by atoms with van der Waals surface area (Å²) in [7, 11) is 3.77. The number of aryl methyl sites for hydroxylation is 1. The van der Waals surface area contributed by atoms with Gasteiger partial charge in [-0.15, -0.1) is 0 Å². The SMILES string of the molecule is COCCn1c(C(=O)NC2CCCCCC2)cc2c1c1ccccc1n2C. The van der Waals surface area contributed by atoms with E-state index in [-0.39, 0.29) is 5.91 Å². The van der Waals surface area contributed by atoms with Crippen molar-refractivity contribution in [2.24, 2.45) is 7.05 Å². The van der Waals surface area contributed by atoms with Gasteiger partial charge in [-0.3, -0.25) is 4.79 Å². The van der Waals surface area contributed by atoms with Gasteiger partial charge in [0.25, 0.3) is 5.91 Å². The fourth-order valence-electron chi connectivity index (χ4n) is 4.46. The Hall–Kier alpha value is -2.27. The molecule has 3 aromatic rings. The van der Waals surface area contributed by atoms with Crippen LogP contribution in [0.2, 0.25) is 0 Å². The highest BCUT2D eigenvalue weighted by Crippen LogP contribution is 2.31. The molecular weight excluding hydrogens is 338 g/mol. The first kappa shape index (κ1) is 18.1. The van der Waals surface area contributed by atoms with Crippen LogP contribution < -0.4 is 5.32 Å². The van der Waals surface area contributed by atoms with Crippen LogP contribution in [0.15, 0.2) is 30.3 Å². The molecule has 5 nitrogen and oxygen atoms in total. The molecule has 0 unspecified atom stereocenters. The molecule has 144 valence electrons. The number of nitrogens with one attached hydrogen (secondary N) is 1. The van der Waals surface area contributed by atoms with Crippen LogP contribution in [-0.4, -0.2) is 34.8 Å². The van der Waals surface area contributed by atoms with Crippen molar-refractivity contribution in [1.82, 2.24) is 14.5 Å². The Bertz CT molecular complexity index is 945. The lowest BCUT2D eigenvalue weighted by atomic mass is 10.1. The number of para-hydroxylation sites is 1. The Morgan fingerprint density at radius 1 is 1.15 bits per heavy atom. The number of nitrogens with zero attached hydrogens (tertiary/aromatic N) is 2. The second-order valence-corrected chi connectivity index (χ2v) is 7.65. The van der Waals surface area contributed by atoms with Gasteiger partial charge in [-0.2, -0.15) is 0 Å². The van der Waals surface area contributed by atoms with E-state index in [1.807, 2.05) is 6.07 Å². The summed E-state index contributed by atoms with van der Waals surface area (Å²) in [5.41, 5.74) is 4.14. The summed E-state index contributed by atoms with van der Waals surface area (Å²) >= 11 is 0. The van der Waals surface area contributed by atoms with Crippen molar-refractivity contribution < 1.29 is 9.53 Å². The predicted octanol–water partition coefficient (Wildman–Crippen LogP) is 4.23. The van der Waals surface area contributed by atoms with Crippen LogP contribution in [0.4, 0.5) is 0 Å². The van der Waals surface area contributed by atoms with Gasteiger partial charge >= 0.3 is 0 Å². The second kappa shape index (κ2) is 7.77. The fourth-order valence-corrected chi connectivity index (χ4v) is 4.46. The van der Waals surface area contributed by atoms with Gasteiger partial charge in [0.1, 0.15) is 5.69 Å². The molecule has 0 atom stereocenters. The zero-order valence-electron chi connectivity index (χ0n) is 16.3. The first-order chi connectivity index (χ1) is 13.2. The summed E-state index contributed by atoms with van der Waals surface area (Å²) in [4.78, 5) is 13.1. The molecule has 0 bridgehead atoms. The minimum atomic E-state index is 0.0401. The molecule has 0 saturated heterocycles. The zero-order valence-corrected chi connectivity index (χ0v) is 16.3. The van der Waals surface area contributed by atoms with Gasteiger partial charge in [-0.1, -0.05) is 43.9 Å². The van der Waals surface area contributed by atoms with E-state index >= 15 is 0 Å². The highest BCUT2D eigenvalue weighted by atomic mass is 16.5. The van der Waals surface area contributed by atoms with Crippen LogP contribution in [0.25, 0.3) is 21.9 Å². The van der Waals surface area contributed by atoms with Gasteiger partial charge in [0, 0.05) is 32.1 Å². The van der Waals surface area contributed by atoms with E-state index in [0.29, 0.717) is 19.2 Å². The van der Waals surface area contributed by atoms with Crippen molar-refractivity contribution in [2.75, 3.05) is 13.7 Å². The Kier molecular flexibility index (Phi) is 5.21. The maximum atomic E-state index is 13.1. The smallest absolute Gasteiger partial charge is 0.268 e. The molecule has 1 N–H and O–H groups in total. The van der Waals surface area contributed by atoms with Gasteiger partial charge in [0.15, 0.2) is 0 Å². The first-order valence-corrected chi connectivity index (χ1v) is 10.1. The third kappa shape index (κ3) is 3.36. The zero-order chi connectivity index (χ0) is 18.8. The van der Waals surface area contributed by atoms with Crippen LogP contribution in [0.1, 0.15) is 49.0 Å². The Labute approximate surface area is 160 Å².